The topological polar surface area (TPSA) is 79.4 Å². The lowest BCUT2D eigenvalue weighted by molar-refractivity contribution is -0.120. The first-order chi connectivity index (χ1) is 11.4. The molecule has 1 fully saturated rings. The molecular weight excluding hydrogens is 366 g/mol. The highest BCUT2D eigenvalue weighted by Gasteiger charge is 2.30. The molecule has 0 spiro atoms. The Kier molecular flexibility index (Phi) is 5.14. The van der Waals surface area contributed by atoms with Gasteiger partial charge in [-0.2, -0.15) is 0 Å². The van der Waals surface area contributed by atoms with Crippen molar-refractivity contribution in [3.63, 3.8) is 0 Å². The second-order valence-electron chi connectivity index (χ2n) is 5.82. The van der Waals surface area contributed by atoms with Crippen molar-refractivity contribution in [3.8, 4) is 0 Å². The van der Waals surface area contributed by atoms with Gasteiger partial charge in [0.05, 0.1) is 22.4 Å². The smallest absolute Gasteiger partial charge is 0.228 e. The summed E-state index contributed by atoms with van der Waals surface area (Å²) < 4.78 is 26.8. The lowest BCUT2D eigenvalue weighted by Crippen LogP contribution is -2.43. The number of aromatic nitrogens is 1. The van der Waals surface area contributed by atoms with Gasteiger partial charge in [0.25, 0.3) is 0 Å². The summed E-state index contributed by atoms with van der Waals surface area (Å²) in [7, 11) is -3.25. The van der Waals surface area contributed by atoms with Crippen molar-refractivity contribution >= 4 is 54.9 Å². The van der Waals surface area contributed by atoms with Crippen LogP contribution in [0.2, 0.25) is 0 Å². The highest BCUT2D eigenvalue weighted by atomic mass is 32.2. The second-order valence-corrected chi connectivity index (χ2v) is 9.88. The maximum Gasteiger partial charge on any atom is 0.228 e. The number of thioether (sulfide) groups is 1. The molecule has 2 aromatic rings. The second kappa shape index (κ2) is 6.99. The standard InChI is InChI=1S/C15H19N3O3S3/c1-22-15-17-12-6-5-11(8-13(12)23-15)16-14(19)10-4-3-7-18(9-10)24(2,20)21/h5-6,8,10H,3-4,7,9H2,1-2H3,(H,16,19). The Bertz CT molecular complexity index is 863. The fourth-order valence-electron chi connectivity index (χ4n) is 2.77. The summed E-state index contributed by atoms with van der Waals surface area (Å²) in [6, 6.07) is 5.65. The first kappa shape index (κ1) is 17.7. The first-order valence-corrected chi connectivity index (χ1v) is 11.5. The number of piperidine rings is 1. The molecule has 0 bridgehead atoms. The molecule has 24 heavy (non-hydrogen) atoms. The van der Waals surface area contributed by atoms with Crippen LogP contribution < -0.4 is 5.32 Å². The molecule has 2 heterocycles. The minimum Gasteiger partial charge on any atom is -0.326 e. The van der Waals surface area contributed by atoms with E-state index in [1.807, 2.05) is 24.5 Å². The number of carbonyl (C=O) groups excluding carboxylic acids is 1. The van der Waals surface area contributed by atoms with Crippen LogP contribution in [0.5, 0.6) is 0 Å². The summed E-state index contributed by atoms with van der Waals surface area (Å²) in [5.74, 6) is -0.440. The van der Waals surface area contributed by atoms with E-state index in [1.54, 1.807) is 23.1 Å². The van der Waals surface area contributed by atoms with Crippen molar-refractivity contribution in [1.29, 1.82) is 0 Å². The summed E-state index contributed by atoms with van der Waals surface area (Å²) in [6.07, 6.45) is 4.58. The zero-order chi connectivity index (χ0) is 17.3. The third-order valence-electron chi connectivity index (χ3n) is 4.03. The largest absolute Gasteiger partial charge is 0.326 e. The normalized spacial score (nSPS) is 19.5. The van der Waals surface area contributed by atoms with Gasteiger partial charge in [-0.25, -0.2) is 17.7 Å². The number of fused-ring (bicyclic) bond motifs is 1. The Morgan fingerprint density at radius 2 is 2.25 bits per heavy atom. The molecule has 1 aromatic heterocycles. The van der Waals surface area contributed by atoms with E-state index in [-0.39, 0.29) is 18.4 Å². The highest BCUT2D eigenvalue weighted by Crippen LogP contribution is 2.30. The molecule has 1 unspecified atom stereocenters. The Morgan fingerprint density at radius 1 is 1.46 bits per heavy atom. The molecule has 3 rings (SSSR count). The predicted molar refractivity (Wildman–Crippen MR) is 99.2 cm³/mol. The average molecular weight is 386 g/mol. The van der Waals surface area contributed by atoms with Gasteiger partial charge in [-0.3, -0.25) is 4.79 Å². The van der Waals surface area contributed by atoms with E-state index >= 15 is 0 Å². The Balaban J connectivity index is 1.72. The minimum absolute atomic E-state index is 0.127. The maximum atomic E-state index is 12.5. The summed E-state index contributed by atoms with van der Waals surface area (Å²) in [4.78, 5) is 17.0. The fraction of sp³-hybridized carbons (Fsp3) is 0.467. The molecular formula is C15H19N3O3S3. The van der Waals surface area contributed by atoms with Gasteiger partial charge in [-0.15, -0.1) is 11.3 Å². The summed E-state index contributed by atoms with van der Waals surface area (Å²) in [5.41, 5.74) is 1.64. The molecule has 0 radical (unpaired) electrons. The Morgan fingerprint density at radius 3 is 2.96 bits per heavy atom. The summed E-state index contributed by atoms with van der Waals surface area (Å²) in [6.45, 7) is 0.747. The number of benzene rings is 1. The van der Waals surface area contributed by atoms with Crippen molar-refractivity contribution < 1.29 is 13.2 Å². The van der Waals surface area contributed by atoms with Gasteiger partial charge in [0.15, 0.2) is 4.34 Å². The zero-order valence-electron chi connectivity index (χ0n) is 13.5. The Labute approximate surface area is 149 Å². The third kappa shape index (κ3) is 3.90. The maximum absolute atomic E-state index is 12.5. The van der Waals surface area contributed by atoms with Crippen molar-refractivity contribution in [3.05, 3.63) is 18.2 Å². The lowest BCUT2D eigenvalue weighted by atomic mass is 9.99. The Hall–Kier alpha value is -1.16. The SMILES string of the molecule is CSc1nc2ccc(NC(=O)C3CCCN(S(C)(=O)=O)C3)cc2s1. The number of thiazole rings is 1. The van der Waals surface area contributed by atoms with Crippen LogP contribution in [0.15, 0.2) is 22.5 Å². The summed E-state index contributed by atoms with van der Waals surface area (Å²) in [5, 5.41) is 2.91. The van der Waals surface area contributed by atoms with E-state index in [9.17, 15) is 13.2 Å². The number of anilines is 1. The molecule has 1 aliphatic rings. The van der Waals surface area contributed by atoms with Gasteiger partial charge in [-0.05, 0) is 37.3 Å². The van der Waals surface area contributed by atoms with E-state index in [0.717, 1.165) is 20.2 Å². The molecule has 9 heteroatoms. The highest BCUT2D eigenvalue weighted by molar-refractivity contribution is 8.00. The van der Waals surface area contributed by atoms with Crippen LogP contribution in [0.3, 0.4) is 0 Å². The van der Waals surface area contributed by atoms with Gasteiger partial charge in [0.1, 0.15) is 0 Å². The average Bonchev–Trinajstić information content (AvgIpc) is 2.96. The van der Waals surface area contributed by atoms with Crippen LogP contribution in [0.25, 0.3) is 10.2 Å². The van der Waals surface area contributed by atoms with Crippen molar-refractivity contribution in [2.75, 3.05) is 30.9 Å². The first-order valence-electron chi connectivity index (χ1n) is 7.57. The number of nitrogens with zero attached hydrogens (tertiary/aromatic N) is 2. The van der Waals surface area contributed by atoms with Crippen LogP contribution in [-0.4, -0.2) is 49.2 Å². The van der Waals surface area contributed by atoms with Crippen molar-refractivity contribution in [2.24, 2.45) is 5.92 Å². The van der Waals surface area contributed by atoms with Crippen LogP contribution in [-0.2, 0) is 14.8 Å². The molecule has 1 N–H and O–H groups in total. The lowest BCUT2D eigenvalue weighted by Gasteiger charge is -2.30. The molecule has 1 aliphatic heterocycles. The molecule has 130 valence electrons. The fourth-order valence-corrected chi connectivity index (χ4v) is 5.21. The van der Waals surface area contributed by atoms with Crippen LogP contribution in [0, 0.1) is 5.92 Å². The van der Waals surface area contributed by atoms with E-state index < -0.39 is 10.0 Å². The predicted octanol–water partition coefficient (Wildman–Crippen LogP) is 2.63. The van der Waals surface area contributed by atoms with E-state index in [2.05, 4.69) is 10.3 Å². The molecule has 1 atom stereocenters. The van der Waals surface area contributed by atoms with Gasteiger partial charge >= 0.3 is 0 Å². The quantitative estimate of drug-likeness (QED) is 0.819. The van der Waals surface area contributed by atoms with Gasteiger partial charge in [-0.1, -0.05) is 11.8 Å². The van der Waals surface area contributed by atoms with Crippen LogP contribution in [0.1, 0.15) is 12.8 Å². The van der Waals surface area contributed by atoms with Gasteiger partial charge in [0, 0.05) is 18.8 Å². The minimum atomic E-state index is -3.25. The molecule has 6 nitrogen and oxygen atoms in total. The van der Waals surface area contributed by atoms with Gasteiger partial charge < -0.3 is 5.32 Å². The number of sulfonamides is 1. The van der Waals surface area contributed by atoms with Crippen molar-refractivity contribution in [2.45, 2.75) is 17.2 Å². The van der Waals surface area contributed by atoms with E-state index in [4.69, 9.17) is 0 Å². The number of nitrogens with one attached hydrogen (secondary N) is 1. The zero-order valence-corrected chi connectivity index (χ0v) is 15.9. The molecule has 0 aliphatic carbocycles. The molecule has 1 aromatic carbocycles. The number of amides is 1. The van der Waals surface area contributed by atoms with Gasteiger partial charge in [0.2, 0.25) is 15.9 Å². The number of rotatable bonds is 4. The number of hydrogen-bond acceptors (Lipinski definition) is 6. The van der Waals surface area contributed by atoms with Crippen molar-refractivity contribution in [1.82, 2.24) is 9.29 Å². The molecule has 1 saturated heterocycles. The summed E-state index contributed by atoms with van der Waals surface area (Å²) >= 11 is 3.19. The number of hydrogen-bond donors (Lipinski definition) is 1. The van der Waals surface area contributed by atoms with Crippen LogP contribution >= 0.6 is 23.1 Å². The number of carbonyl (C=O) groups is 1. The molecule has 1 amide bonds. The third-order valence-corrected chi connectivity index (χ3v) is 7.31. The monoisotopic (exact) mass is 385 g/mol. The van der Waals surface area contributed by atoms with E-state index in [1.165, 1.54) is 10.6 Å². The van der Waals surface area contributed by atoms with E-state index in [0.29, 0.717) is 19.4 Å². The molecule has 0 saturated carbocycles. The van der Waals surface area contributed by atoms with Crippen LogP contribution in [0.4, 0.5) is 5.69 Å².